The molecule has 0 aromatic heterocycles. The molecule has 0 heterocycles. The molecule has 0 bridgehead atoms. The Labute approximate surface area is 97.3 Å². The molecular formula is C16H16. The molecule has 0 aliphatic carbocycles. The van der Waals surface area contributed by atoms with E-state index >= 15 is 0 Å². The molecule has 0 atom stereocenters. The highest BCUT2D eigenvalue weighted by molar-refractivity contribution is 5.50. The second-order valence-corrected chi connectivity index (χ2v) is 4.05. The van der Waals surface area contributed by atoms with Gasteiger partial charge in [0.2, 0.25) is 0 Å². The summed E-state index contributed by atoms with van der Waals surface area (Å²) in [5.41, 5.74) is 5.27. The lowest BCUT2D eigenvalue weighted by Gasteiger charge is -2.07. The highest BCUT2D eigenvalue weighted by atomic mass is 14.1. The van der Waals surface area contributed by atoms with Gasteiger partial charge in [0.25, 0.3) is 0 Å². The van der Waals surface area contributed by atoms with Crippen molar-refractivity contribution < 1.29 is 0 Å². The lowest BCUT2D eigenvalue weighted by molar-refractivity contribution is 1.15. The van der Waals surface area contributed by atoms with Gasteiger partial charge in [0.1, 0.15) is 0 Å². The van der Waals surface area contributed by atoms with Crippen molar-refractivity contribution in [2.45, 2.75) is 13.3 Å². The van der Waals surface area contributed by atoms with Crippen molar-refractivity contribution in [3.63, 3.8) is 0 Å². The fourth-order valence-electron chi connectivity index (χ4n) is 1.82. The molecule has 0 saturated heterocycles. The summed E-state index contributed by atoms with van der Waals surface area (Å²) in [6.07, 6.45) is 2.89. The maximum absolute atomic E-state index is 3.81. The van der Waals surface area contributed by atoms with Crippen molar-refractivity contribution >= 4 is 6.08 Å². The topological polar surface area (TPSA) is 0 Å². The van der Waals surface area contributed by atoms with Crippen molar-refractivity contribution in [1.82, 2.24) is 0 Å². The zero-order valence-corrected chi connectivity index (χ0v) is 9.61. The molecule has 0 heteroatoms. The SMILES string of the molecule is C=Cc1ccc(C)c(Cc2ccccc2)c1. The van der Waals surface area contributed by atoms with E-state index in [2.05, 4.69) is 62.0 Å². The zero-order chi connectivity index (χ0) is 11.4. The van der Waals surface area contributed by atoms with Gasteiger partial charge in [0, 0.05) is 0 Å². The van der Waals surface area contributed by atoms with Crippen LogP contribution >= 0.6 is 0 Å². The lowest BCUT2D eigenvalue weighted by atomic mass is 9.98. The Morgan fingerprint density at radius 1 is 1.06 bits per heavy atom. The molecule has 0 saturated carbocycles. The van der Waals surface area contributed by atoms with Crippen LogP contribution in [0.15, 0.2) is 55.1 Å². The summed E-state index contributed by atoms with van der Waals surface area (Å²) in [6, 6.07) is 17.0. The minimum absolute atomic E-state index is 0.994. The van der Waals surface area contributed by atoms with Gasteiger partial charge in [-0.1, -0.05) is 61.2 Å². The maximum atomic E-state index is 3.81. The van der Waals surface area contributed by atoms with Crippen molar-refractivity contribution in [2.24, 2.45) is 0 Å². The van der Waals surface area contributed by atoms with Crippen LogP contribution in [0.4, 0.5) is 0 Å². The standard InChI is InChI=1S/C16H16/c1-3-14-10-9-13(2)16(11-14)12-15-7-5-4-6-8-15/h3-11H,1,12H2,2H3. The first-order valence-corrected chi connectivity index (χ1v) is 5.55. The molecule has 0 radical (unpaired) electrons. The molecule has 0 nitrogen and oxygen atoms in total. The molecule has 0 fully saturated rings. The Kier molecular flexibility index (Phi) is 3.21. The van der Waals surface area contributed by atoms with Crippen LogP contribution in [0.2, 0.25) is 0 Å². The van der Waals surface area contributed by atoms with Gasteiger partial charge in [0.15, 0.2) is 0 Å². The maximum Gasteiger partial charge on any atom is -0.00229 e. The third-order valence-corrected chi connectivity index (χ3v) is 2.85. The largest absolute Gasteiger partial charge is 0.0985 e. The highest BCUT2D eigenvalue weighted by Crippen LogP contribution is 2.16. The molecule has 80 valence electrons. The molecule has 0 aliphatic heterocycles. The lowest BCUT2D eigenvalue weighted by Crippen LogP contribution is -1.92. The van der Waals surface area contributed by atoms with Crippen molar-refractivity contribution in [2.75, 3.05) is 0 Å². The molecule has 0 unspecified atom stereocenters. The van der Waals surface area contributed by atoms with E-state index in [1.54, 1.807) is 0 Å². The molecule has 2 aromatic carbocycles. The number of rotatable bonds is 3. The third kappa shape index (κ3) is 2.40. The van der Waals surface area contributed by atoms with Crippen LogP contribution in [-0.2, 0) is 6.42 Å². The van der Waals surface area contributed by atoms with Crippen LogP contribution in [0.3, 0.4) is 0 Å². The van der Waals surface area contributed by atoms with E-state index in [0.29, 0.717) is 0 Å². The van der Waals surface area contributed by atoms with Gasteiger partial charge in [-0.15, -0.1) is 0 Å². The summed E-state index contributed by atoms with van der Waals surface area (Å²) in [5, 5.41) is 0. The first-order valence-electron chi connectivity index (χ1n) is 5.55. The number of hydrogen-bond acceptors (Lipinski definition) is 0. The molecule has 2 aromatic rings. The Hall–Kier alpha value is -1.82. The van der Waals surface area contributed by atoms with Gasteiger partial charge < -0.3 is 0 Å². The summed E-state index contributed by atoms with van der Waals surface area (Å²) in [5.74, 6) is 0. The number of benzene rings is 2. The van der Waals surface area contributed by atoms with E-state index in [1.807, 2.05) is 6.08 Å². The molecule has 0 N–H and O–H groups in total. The molecule has 0 amide bonds. The van der Waals surface area contributed by atoms with Gasteiger partial charge in [-0.3, -0.25) is 0 Å². The Morgan fingerprint density at radius 3 is 2.50 bits per heavy atom. The normalized spacial score (nSPS) is 10.1. The third-order valence-electron chi connectivity index (χ3n) is 2.85. The van der Waals surface area contributed by atoms with E-state index in [0.717, 1.165) is 6.42 Å². The van der Waals surface area contributed by atoms with Crippen molar-refractivity contribution in [3.8, 4) is 0 Å². The summed E-state index contributed by atoms with van der Waals surface area (Å²) in [7, 11) is 0. The van der Waals surface area contributed by atoms with Crippen molar-refractivity contribution in [3.05, 3.63) is 77.4 Å². The summed E-state index contributed by atoms with van der Waals surface area (Å²) >= 11 is 0. The van der Waals surface area contributed by atoms with E-state index in [4.69, 9.17) is 0 Å². The Morgan fingerprint density at radius 2 is 1.81 bits per heavy atom. The predicted octanol–water partition coefficient (Wildman–Crippen LogP) is 4.23. The van der Waals surface area contributed by atoms with Crippen LogP contribution in [0.25, 0.3) is 6.08 Å². The van der Waals surface area contributed by atoms with Gasteiger partial charge in [0.05, 0.1) is 0 Å². The second kappa shape index (κ2) is 4.80. The fourth-order valence-corrected chi connectivity index (χ4v) is 1.82. The molecule has 16 heavy (non-hydrogen) atoms. The average Bonchev–Trinajstić information content (AvgIpc) is 2.33. The van der Waals surface area contributed by atoms with Crippen LogP contribution in [0.1, 0.15) is 22.3 Å². The first kappa shape index (κ1) is 10.7. The number of hydrogen-bond donors (Lipinski definition) is 0. The monoisotopic (exact) mass is 208 g/mol. The average molecular weight is 208 g/mol. The van der Waals surface area contributed by atoms with E-state index in [9.17, 15) is 0 Å². The minimum Gasteiger partial charge on any atom is -0.0985 e. The quantitative estimate of drug-likeness (QED) is 0.708. The van der Waals surface area contributed by atoms with E-state index in [1.165, 1.54) is 22.3 Å². The van der Waals surface area contributed by atoms with E-state index < -0.39 is 0 Å². The van der Waals surface area contributed by atoms with Gasteiger partial charge in [-0.05, 0) is 35.6 Å². The summed E-state index contributed by atoms with van der Waals surface area (Å²) < 4.78 is 0. The Bertz CT molecular complexity index is 481. The second-order valence-electron chi connectivity index (χ2n) is 4.05. The molecule has 0 spiro atoms. The summed E-state index contributed by atoms with van der Waals surface area (Å²) in [6.45, 7) is 5.97. The fraction of sp³-hybridized carbons (Fsp3) is 0.125. The smallest absolute Gasteiger partial charge is 0.00229 e. The molecular weight excluding hydrogens is 192 g/mol. The van der Waals surface area contributed by atoms with Crippen LogP contribution in [0.5, 0.6) is 0 Å². The van der Waals surface area contributed by atoms with Gasteiger partial charge >= 0.3 is 0 Å². The van der Waals surface area contributed by atoms with Crippen LogP contribution in [-0.4, -0.2) is 0 Å². The van der Waals surface area contributed by atoms with Crippen LogP contribution in [0, 0.1) is 6.92 Å². The van der Waals surface area contributed by atoms with Crippen LogP contribution < -0.4 is 0 Å². The first-order chi connectivity index (χ1) is 7.79. The van der Waals surface area contributed by atoms with Crippen molar-refractivity contribution in [1.29, 1.82) is 0 Å². The van der Waals surface area contributed by atoms with Gasteiger partial charge in [-0.2, -0.15) is 0 Å². The molecule has 2 rings (SSSR count). The van der Waals surface area contributed by atoms with Gasteiger partial charge in [-0.25, -0.2) is 0 Å². The molecule has 0 aliphatic rings. The minimum atomic E-state index is 0.994. The number of aryl methyl sites for hydroxylation is 1. The highest BCUT2D eigenvalue weighted by Gasteiger charge is 2.00. The van der Waals surface area contributed by atoms with E-state index in [-0.39, 0.29) is 0 Å². The summed E-state index contributed by atoms with van der Waals surface area (Å²) in [4.78, 5) is 0. The Balaban J connectivity index is 2.30. The zero-order valence-electron chi connectivity index (χ0n) is 9.61. The predicted molar refractivity (Wildman–Crippen MR) is 70.5 cm³/mol.